The first-order valence-electron chi connectivity index (χ1n) is 7.74. The summed E-state index contributed by atoms with van der Waals surface area (Å²) in [5.74, 6) is 0.146. The summed E-state index contributed by atoms with van der Waals surface area (Å²) in [6.45, 7) is 0. The standard InChI is InChI=1S/C20H13N3O/c21-20-22-10-16(23-20)19(24)15-9-7-13-5-4-11-2-1-3-12-6-8-14(15)18(13)17(11)12/h1-10H,(H3,21,22,23). The van der Waals surface area contributed by atoms with Gasteiger partial charge in [0, 0.05) is 5.56 Å². The third-order valence-electron chi connectivity index (χ3n) is 4.61. The number of benzene rings is 4. The number of aromatic nitrogens is 2. The van der Waals surface area contributed by atoms with E-state index in [4.69, 9.17) is 5.73 Å². The third-order valence-corrected chi connectivity index (χ3v) is 4.61. The quantitative estimate of drug-likeness (QED) is 0.380. The molecule has 4 heteroatoms. The van der Waals surface area contributed by atoms with Crippen LogP contribution in [0.3, 0.4) is 0 Å². The number of rotatable bonds is 2. The minimum absolute atomic E-state index is 0.0999. The fourth-order valence-electron chi connectivity index (χ4n) is 3.53. The van der Waals surface area contributed by atoms with Crippen molar-refractivity contribution in [1.29, 1.82) is 0 Å². The van der Waals surface area contributed by atoms with Crippen LogP contribution in [-0.2, 0) is 0 Å². The van der Waals surface area contributed by atoms with Gasteiger partial charge in [0.2, 0.25) is 5.78 Å². The topological polar surface area (TPSA) is 71.8 Å². The maximum absolute atomic E-state index is 12.9. The second-order valence-corrected chi connectivity index (χ2v) is 5.98. The average Bonchev–Trinajstić information content (AvgIpc) is 3.05. The molecule has 0 saturated heterocycles. The van der Waals surface area contributed by atoms with Crippen LogP contribution in [-0.4, -0.2) is 15.8 Å². The van der Waals surface area contributed by atoms with Gasteiger partial charge in [-0.1, -0.05) is 48.5 Å². The largest absolute Gasteiger partial charge is 0.369 e. The van der Waals surface area contributed by atoms with Gasteiger partial charge in [0.25, 0.3) is 0 Å². The first kappa shape index (κ1) is 13.1. The highest BCUT2D eigenvalue weighted by atomic mass is 16.1. The molecule has 0 radical (unpaired) electrons. The fourth-order valence-corrected chi connectivity index (χ4v) is 3.53. The van der Waals surface area contributed by atoms with Gasteiger partial charge in [0.1, 0.15) is 5.69 Å². The number of nitrogens with zero attached hydrogens (tertiary/aromatic N) is 1. The molecule has 3 N–H and O–H groups in total. The van der Waals surface area contributed by atoms with Crippen LogP contribution in [0.1, 0.15) is 16.1 Å². The molecule has 0 spiro atoms. The number of ketones is 1. The van der Waals surface area contributed by atoms with Gasteiger partial charge in [-0.25, -0.2) is 4.98 Å². The number of aromatic amines is 1. The summed E-state index contributed by atoms with van der Waals surface area (Å²) in [6.07, 6.45) is 1.48. The maximum Gasteiger partial charge on any atom is 0.211 e. The van der Waals surface area contributed by atoms with Gasteiger partial charge in [0.05, 0.1) is 6.20 Å². The van der Waals surface area contributed by atoms with Gasteiger partial charge in [-0.05, 0) is 38.4 Å². The summed E-state index contributed by atoms with van der Waals surface area (Å²) in [5, 5.41) is 6.78. The molecular formula is C20H13N3O. The van der Waals surface area contributed by atoms with Crippen LogP contribution in [0.5, 0.6) is 0 Å². The molecule has 0 saturated carbocycles. The second kappa shape index (κ2) is 4.55. The van der Waals surface area contributed by atoms with Crippen molar-refractivity contribution in [2.24, 2.45) is 0 Å². The van der Waals surface area contributed by atoms with Crippen LogP contribution in [0.4, 0.5) is 5.95 Å². The summed E-state index contributed by atoms with van der Waals surface area (Å²) >= 11 is 0. The third kappa shape index (κ3) is 1.68. The lowest BCUT2D eigenvalue weighted by Crippen LogP contribution is -2.03. The van der Waals surface area contributed by atoms with E-state index < -0.39 is 0 Å². The number of hydrogen-bond acceptors (Lipinski definition) is 3. The minimum atomic E-state index is -0.0999. The van der Waals surface area contributed by atoms with Crippen LogP contribution in [0, 0.1) is 0 Å². The number of hydrogen-bond donors (Lipinski definition) is 2. The zero-order valence-electron chi connectivity index (χ0n) is 12.7. The zero-order chi connectivity index (χ0) is 16.3. The summed E-state index contributed by atoms with van der Waals surface area (Å²) in [7, 11) is 0. The van der Waals surface area contributed by atoms with Crippen molar-refractivity contribution in [1.82, 2.24) is 9.97 Å². The SMILES string of the molecule is Nc1ncc(C(=O)c2ccc3ccc4cccc5ccc2c3c45)[nH]1. The van der Waals surface area contributed by atoms with E-state index in [9.17, 15) is 4.79 Å². The van der Waals surface area contributed by atoms with Gasteiger partial charge >= 0.3 is 0 Å². The molecule has 0 atom stereocenters. The van der Waals surface area contributed by atoms with Crippen molar-refractivity contribution in [3.05, 3.63) is 72.1 Å². The Bertz CT molecular complexity index is 1220. The number of nitrogens with one attached hydrogen (secondary N) is 1. The maximum atomic E-state index is 12.9. The second-order valence-electron chi connectivity index (χ2n) is 5.98. The number of H-pyrrole nitrogens is 1. The lowest BCUT2D eigenvalue weighted by atomic mass is 9.90. The molecule has 0 amide bonds. The Morgan fingerprint density at radius 3 is 2.25 bits per heavy atom. The molecule has 0 bridgehead atoms. The van der Waals surface area contributed by atoms with Crippen molar-refractivity contribution >= 4 is 44.0 Å². The van der Waals surface area contributed by atoms with Crippen LogP contribution >= 0.6 is 0 Å². The summed E-state index contributed by atoms with van der Waals surface area (Å²) in [5.41, 5.74) is 6.67. The van der Waals surface area contributed by atoms with Crippen molar-refractivity contribution in [2.75, 3.05) is 5.73 Å². The highest BCUT2D eigenvalue weighted by Gasteiger charge is 2.17. The smallest absolute Gasteiger partial charge is 0.211 e. The first-order chi connectivity index (χ1) is 11.7. The molecule has 114 valence electrons. The van der Waals surface area contributed by atoms with E-state index >= 15 is 0 Å². The van der Waals surface area contributed by atoms with E-state index in [1.54, 1.807) is 0 Å². The van der Waals surface area contributed by atoms with Gasteiger partial charge in [-0.3, -0.25) is 4.79 Å². The molecule has 0 fully saturated rings. The van der Waals surface area contributed by atoms with Crippen LogP contribution in [0.2, 0.25) is 0 Å². The fraction of sp³-hybridized carbons (Fsp3) is 0. The monoisotopic (exact) mass is 311 g/mol. The number of anilines is 1. The van der Waals surface area contributed by atoms with E-state index in [2.05, 4.69) is 46.4 Å². The summed E-state index contributed by atoms with van der Waals surface area (Å²) in [6, 6.07) is 18.5. The molecule has 1 aromatic heterocycles. The molecular weight excluding hydrogens is 298 g/mol. The molecule has 0 aliphatic rings. The van der Waals surface area contributed by atoms with Crippen molar-refractivity contribution < 1.29 is 4.79 Å². The lowest BCUT2D eigenvalue weighted by molar-refractivity contribution is 0.103. The van der Waals surface area contributed by atoms with Gasteiger partial charge in [-0.15, -0.1) is 0 Å². The Morgan fingerprint density at radius 2 is 1.54 bits per heavy atom. The van der Waals surface area contributed by atoms with E-state index in [-0.39, 0.29) is 11.7 Å². The number of imidazole rings is 1. The Labute approximate surface area is 137 Å². The predicted octanol–water partition coefficient (Wildman–Crippen LogP) is 4.12. The lowest BCUT2D eigenvalue weighted by Gasteiger charge is -2.13. The molecule has 4 nitrogen and oxygen atoms in total. The Balaban J connectivity index is 1.89. The summed E-state index contributed by atoms with van der Waals surface area (Å²) < 4.78 is 0. The molecule has 0 unspecified atom stereocenters. The number of nitrogens with two attached hydrogens (primary N) is 1. The average molecular weight is 311 g/mol. The van der Waals surface area contributed by atoms with E-state index in [0.29, 0.717) is 11.3 Å². The molecule has 0 aliphatic carbocycles. The molecule has 4 aromatic carbocycles. The summed E-state index contributed by atoms with van der Waals surface area (Å²) in [4.78, 5) is 19.6. The Hall–Kier alpha value is -3.40. The van der Waals surface area contributed by atoms with Crippen LogP contribution < -0.4 is 5.73 Å². The molecule has 0 aliphatic heterocycles. The number of carbonyl (C=O) groups excluding carboxylic acids is 1. The van der Waals surface area contributed by atoms with Gasteiger partial charge in [-0.2, -0.15) is 0 Å². The van der Waals surface area contributed by atoms with E-state index in [1.165, 1.54) is 22.4 Å². The zero-order valence-corrected chi connectivity index (χ0v) is 12.7. The minimum Gasteiger partial charge on any atom is -0.369 e. The normalized spacial score (nSPS) is 11.7. The number of carbonyl (C=O) groups is 1. The number of nitrogen functional groups attached to an aromatic ring is 1. The molecule has 5 rings (SSSR count). The van der Waals surface area contributed by atoms with Crippen molar-refractivity contribution in [2.45, 2.75) is 0 Å². The molecule has 1 heterocycles. The van der Waals surface area contributed by atoms with Gasteiger partial charge < -0.3 is 10.7 Å². The Kier molecular flexibility index (Phi) is 2.48. The van der Waals surface area contributed by atoms with Crippen LogP contribution in [0.25, 0.3) is 32.3 Å². The Morgan fingerprint density at radius 1 is 0.875 bits per heavy atom. The van der Waals surface area contributed by atoms with Crippen LogP contribution in [0.15, 0.2) is 60.8 Å². The van der Waals surface area contributed by atoms with E-state index in [0.717, 1.165) is 16.2 Å². The predicted molar refractivity (Wildman–Crippen MR) is 96.6 cm³/mol. The van der Waals surface area contributed by atoms with E-state index in [1.807, 2.05) is 18.2 Å². The van der Waals surface area contributed by atoms with Crippen molar-refractivity contribution in [3.8, 4) is 0 Å². The van der Waals surface area contributed by atoms with Gasteiger partial charge in [0.15, 0.2) is 5.95 Å². The highest BCUT2D eigenvalue weighted by Crippen LogP contribution is 2.36. The molecule has 5 aromatic rings. The molecule has 24 heavy (non-hydrogen) atoms. The first-order valence-corrected chi connectivity index (χ1v) is 7.74. The highest BCUT2D eigenvalue weighted by molar-refractivity contribution is 6.27. The van der Waals surface area contributed by atoms with Crippen molar-refractivity contribution in [3.63, 3.8) is 0 Å².